The minimum Gasteiger partial charge on any atom is -0.390 e. The molecule has 5 nitrogen and oxygen atoms in total. The van der Waals surface area contributed by atoms with Crippen LogP contribution in [0.4, 0.5) is 4.39 Å². The number of rotatable bonds is 7. The van der Waals surface area contributed by atoms with Crippen LogP contribution in [0.15, 0.2) is 29.6 Å². The van der Waals surface area contributed by atoms with Gasteiger partial charge in [0.05, 0.1) is 18.3 Å². The van der Waals surface area contributed by atoms with Crippen molar-refractivity contribution in [1.82, 2.24) is 10.3 Å². The average Bonchev–Trinajstić information content (AvgIpc) is 3.08. The zero-order valence-electron chi connectivity index (χ0n) is 12.3. The quantitative estimate of drug-likeness (QED) is 0.632. The van der Waals surface area contributed by atoms with Gasteiger partial charge >= 0.3 is 0 Å². The van der Waals surface area contributed by atoms with Crippen LogP contribution in [0.5, 0.6) is 0 Å². The van der Waals surface area contributed by atoms with Gasteiger partial charge in [-0.3, -0.25) is 4.79 Å². The van der Waals surface area contributed by atoms with E-state index >= 15 is 0 Å². The van der Waals surface area contributed by atoms with Gasteiger partial charge in [-0.05, 0) is 5.56 Å². The summed E-state index contributed by atoms with van der Waals surface area (Å²) in [4.78, 5) is 14.3. The summed E-state index contributed by atoms with van der Waals surface area (Å²) in [6.45, 7) is -1.10. The number of benzene rings is 1. The van der Waals surface area contributed by atoms with Crippen LogP contribution < -0.4 is 5.32 Å². The minimum atomic E-state index is -1.33. The van der Waals surface area contributed by atoms with E-state index in [0.717, 1.165) is 10.6 Å². The van der Waals surface area contributed by atoms with Crippen molar-refractivity contribution in [3.63, 3.8) is 0 Å². The molecule has 0 aliphatic heterocycles. The third-order valence-electron chi connectivity index (χ3n) is 3.29. The number of aliphatic hydroxyl groups excluding tert-OH is 2. The van der Waals surface area contributed by atoms with Crippen molar-refractivity contribution in [1.29, 1.82) is 0 Å². The molecule has 0 radical (unpaired) electrons. The molecular weight excluding hydrogens is 378 g/mol. The fourth-order valence-corrected chi connectivity index (χ4v) is 2.96. The van der Waals surface area contributed by atoms with Crippen molar-refractivity contribution < 1.29 is 19.4 Å². The van der Waals surface area contributed by atoms with Crippen molar-refractivity contribution in [3.8, 4) is 10.6 Å². The number of nitrogens with zero attached hydrogens (tertiary/aromatic N) is 1. The van der Waals surface area contributed by atoms with Crippen LogP contribution in [-0.4, -0.2) is 38.7 Å². The molecule has 1 amide bonds. The van der Waals surface area contributed by atoms with Gasteiger partial charge in [-0.25, -0.2) is 9.37 Å². The topological polar surface area (TPSA) is 82.5 Å². The van der Waals surface area contributed by atoms with Crippen LogP contribution in [0.3, 0.4) is 0 Å². The highest BCUT2D eigenvalue weighted by atomic mass is 35.5. The van der Waals surface area contributed by atoms with Crippen molar-refractivity contribution in [2.45, 2.75) is 23.6 Å². The number of carbonyl (C=O) groups excluding carboxylic acids is 1. The predicted octanol–water partition coefficient (Wildman–Crippen LogP) is 2.59. The highest BCUT2D eigenvalue weighted by molar-refractivity contribution is 7.13. The summed E-state index contributed by atoms with van der Waals surface area (Å²) < 4.78 is 13.1. The Morgan fingerprint density at radius 1 is 1.33 bits per heavy atom. The van der Waals surface area contributed by atoms with Gasteiger partial charge in [0.2, 0.25) is 0 Å². The number of alkyl halides is 3. The number of carbonyl (C=O) groups is 1. The lowest BCUT2D eigenvalue weighted by atomic mass is 10.0. The lowest BCUT2D eigenvalue weighted by Gasteiger charge is -2.22. The maximum Gasteiger partial charge on any atom is 0.253 e. The Labute approximate surface area is 152 Å². The van der Waals surface area contributed by atoms with Gasteiger partial charge in [0, 0.05) is 10.9 Å². The van der Waals surface area contributed by atoms with Gasteiger partial charge < -0.3 is 15.5 Å². The van der Waals surface area contributed by atoms with E-state index in [0.29, 0.717) is 11.3 Å². The highest BCUT2D eigenvalue weighted by Gasteiger charge is 2.25. The van der Waals surface area contributed by atoms with E-state index in [1.165, 1.54) is 11.3 Å². The number of hydrogen-bond donors (Lipinski definition) is 3. The molecule has 0 aliphatic rings. The van der Waals surface area contributed by atoms with Crippen LogP contribution in [0.2, 0.25) is 0 Å². The molecule has 2 unspecified atom stereocenters. The Morgan fingerprint density at radius 3 is 2.50 bits per heavy atom. The van der Waals surface area contributed by atoms with Crippen LogP contribution in [0, 0.1) is 0 Å². The first-order valence-electron chi connectivity index (χ1n) is 6.94. The Hall–Kier alpha value is -1.25. The second kappa shape index (κ2) is 8.73. The molecule has 0 spiro atoms. The second-order valence-corrected chi connectivity index (χ2v) is 6.89. The van der Waals surface area contributed by atoms with E-state index in [1.54, 1.807) is 29.6 Å². The first-order chi connectivity index (χ1) is 11.5. The molecule has 3 N–H and O–H groups in total. The molecule has 2 aromatic rings. The lowest BCUT2D eigenvalue weighted by molar-refractivity contribution is -0.121. The average molecular weight is 393 g/mol. The molecule has 2 rings (SSSR count). The summed E-state index contributed by atoms with van der Waals surface area (Å²) >= 11 is 12.2. The minimum absolute atomic E-state index is 0.132. The van der Waals surface area contributed by atoms with E-state index in [9.17, 15) is 14.3 Å². The molecule has 1 aromatic heterocycles. The Morgan fingerprint density at radius 2 is 2.00 bits per heavy atom. The first-order valence-corrected chi connectivity index (χ1v) is 8.69. The third-order valence-corrected chi connectivity index (χ3v) is 4.62. The van der Waals surface area contributed by atoms with Gasteiger partial charge in [0.25, 0.3) is 5.91 Å². The second-order valence-electron chi connectivity index (χ2n) is 4.94. The number of halogens is 3. The summed E-state index contributed by atoms with van der Waals surface area (Å²) in [6.07, 6.45) is -1.25. The molecule has 0 aliphatic carbocycles. The van der Waals surface area contributed by atoms with Gasteiger partial charge in [-0.1, -0.05) is 47.5 Å². The summed E-state index contributed by atoms with van der Waals surface area (Å²) in [6, 6.07) is 5.54. The van der Waals surface area contributed by atoms with E-state index in [-0.39, 0.29) is 6.61 Å². The van der Waals surface area contributed by atoms with Crippen molar-refractivity contribution >= 4 is 40.4 Å². The fourth-order valence-electron chi connectivity index (χ4n) is 2.01. The van der Waals surface area contributed by atoms with E-state index in [2.05, 4.69) is 10.3 Å². The molecule has 0 saturated heterocycles. The van der Waals surface area contributed by atoms with Crippen molar-refractivity contribution in [2.24, 2.45) is 0 Å². The molecule has 0 bridgehead atoms. The SMILES string of the molecule is O=C(NC(CF)C(O)c1ccc(-c2nc(CO)cs2)cc1)C(Cl)Cl. The molecule has 130 valence electrons. The van der Waals surface area contributed by atoms with Crippen LogP contribution >= 0.6 is 34.5 Å². The normalized spacial score (nSPS) is 13.8. The first kappa shape index (κ1) is 19.1. The van der Waals surface area contributed by atoms with Crippen molar-refractivity contribution in [3.05, 3.63) is 40.9 Å². The fraction of sp³-hybridized carbons (Fsp3) is 0.333. The van der Waals surface area contributed by atoms with Crippen molar-refractivity contribution in [2.75, 3.05) is 6.67 Å². The molecule has 24 heavy (non-hydrogen) atoms. The van der Waals surface area contributed by atoms with Gasteiger partial charge in [-0.2, -0.15) is 0 Å². The summed E-state index contributed by atoms with van der Waals surface area (Å²) in [7, 11) is 0. The smallest absolute Gasteiger partial charge is 0.253 e. The number of thiazole rings is 1. The Kier molecular flexibility index (Phi) is 6.94. The molecule has 1 aromatic carbocycles. The summed E-state index contributed by atoms with van der Waals surface area (Å²) in [5.41, 5.74) is 1.82. The van der Waals surface area contributed by atoms with E-state index in [1.807, 2.05) is 0 Å². The van der Waals surface area contributed by atoms with Crippen LogP contribution in [-0.2, 0) is 11.4 Å². The van der Waals surface area contributed by atoms with Gasteiger partial charge in [-0.15, -0.1) is 11.3 Å². The number of hydrogen-bond acceptors (Lipinski definition) is 5. The maximum absolute atomic E-state index is 13.1. The summed E-state index contributed by atoms with van der Waals surface area (Å²) in [5, 5.41) is 24.0. The highest BCUT2D eigenvalue weighted by Crippen LogP contribution is 2.26. The number of aliphatic hydroxyl groups is 2. The van der Waals surface area contributed by atoms with E-state index < -0.39 is 29.6 Å². The molecule has 1 heterocycles. The Balaban J connectivity index is 2.12. The standard InChI is InChI=1S/C15H15Cl2FN2O3S/c16-13(17)14(23)20-11(5-18)12(22)8-1-3-9(4-2-8)15-19-10(6-21)7-24-15/h1-4,7,11-13,21-22H,5-6H2,(H,20,23). The maximum atomic E-state index is 13.1. The number of aromatic nitrogens is 1. The molecular formula is C15H15Cl2FN2O3S. The van der Waals surface area contributed by atoms with Crippen LogP contribution in [0.25, 0.3) is 10.6 Å². The molecule has 2 atom stereocenters. The summed E-state index contributed by atoms with van der Waals surface area (Å²) in [5.74, 6) is -0.768. The Bertz CT molecular complexity index is 682. The molecule has 0 saturated carbocycles. The number of amides is 1. The van der Waals surface area contributed by atoms with E-state index in [4.69, 9.17) is 28.3 Å². The predicted molar refractivity (Wildman–Crippen MR) is 91.8 cm³/mol. The zero-order valence-corrected chi connectivity index (χ0v) is 14.7. The van der Waals surface area contributed by atoms with Gasteiger partial charge in [0.15, 0.2) is 4.84 Å². The van der Waals surface area contributed by atoms with Gasteiger partial charge in [0.1, 0.15) is 17.8 Å². The monoisotopic (exact) mass is 392 g/mol. The lowest BCUT2D eigenvalue weighted by Crippen LogP contribution is -2.43. The molecule has 9 heteroatoms. The zero-order chi connectivity index (χ0) is 17.7. The number of nitrogens with one attached hydrogen (secondary N) is 1. The largest absolute Gasteiger partial charge is 0.390 e. The third kappa shape index (κ3) is 4.64. The van der Waals surface area contributed by atoms with Crippen LogP contribution in [0.1, 0.15) is 17.4 Å². The molecule has 0 fully saturated rings.